The minimum absolute atomic E-state index is 0.231. The Labute approximate surface area is 111 Å². The molecule has 0 saturated heterocycles. The highest BCUT2D eigenvalue weighted by atomic mass is 16.5. The normalized spacial score (nSPS) is 10.8. The van der Waals surface area contributed by atoms with Gasteiger partial charge in [-0.25, -0.2) is 9.78 Å². The zero-order valence-electron chi connectivity index (χ0n) is 10.9. The lowest BCUT2D eigenvalue weighted by molar-refractivity contribution is 0.0518. The van der Waals surface area contributed by atoms with Gasteiger partial charge < -0.3 is 9.15 Å². The zero-order chi connectivity index (χ0) is 13.7. The molecule has 19 heavy (non-hydrogen) atoms. The number of esters is 1. The summed E-state index contributed by atoms with van der Waals surface area (Å²) in [4.78, 5) is 15.7. The molecule has 2 aromatic rings. The Kier molecular flexibility index (Phi) is 4.13. The molecule has 0 aliphatic rings. The van der Waals surface area contributed by atoms with Gasteiger partial charge in [0.25, 0.3) is 0 Å². The second-order valence-electron chi connectivity index (χ2n) is 3.92. The van der Waals surface area contributed by atoms with Crippen LogP contribution >= 0.6 is 0 Å². The van der Waals surface area contributed by atoms with E-state index in [0.29, 0.717) is 18.3 Å². The molecule has 2 rings (SSSR count). The number of carbonyl (C=O) groups excluding carboxylic acids is 1. The molecule has 0 unspecified atom stereocenters. The van der Waals surface area contributed by atoms with E-state index in [9.17, 15) is 4.79 Å². The van der Waals surface area contributed by atoms with Crippen LogP contribution in [-0.4, -0.2) is 17.6 Å². The van der Waals surface area contributed by atoms with Crippen molar-refractivity contribution in [1.29, 1.82) is 0 Å². The van der Waals surface area contributed by atoms with Gasteiger partial charge in [0.15, 0.2) is 5.69 Å². The Hall–Kier alpha value is -2.36. The summed E-state index contributed by atoms with van der Waals surface area (Å²) in [6.45, 7) is 3.77. The third-order valence-corrected chi connectivity index (χ3v) is 2.50. The second-order valence-corrected chi connectivity index (χ2v) is 3.92. The SMILES string of the molecule is CCOC(=O)c1nc(C=Cc2ccccc2)oc1C. The molecular weight excluding hydrogens is 242 g/mol. The Morgan fingerprint density at radius 1 is 1.32 bits per heavy atom. The van der Waals surface area contributed by atoms with Crippen LogP contribution in [0.1, 0.15) is 34.6 Å². The number of ether oxygens (including phenoxy) is 1. The van der Waals surface area contributed by atoms with Crippen LogP contribution < -0.4 is 0 Å². The summed E-state index contributed by atoms with van der Waals surface area (Å²) in [5.41, 5.74) is 1.27. The lowest BCUT2D eigenvalue weighted by atomic mass is 10.2. The standard InChI is InChI=1S/C15H15NO3/c1-3-18-15(17)14-11(2)19-13(16-14)10-9-12-7-5-4-6-8-12/h4-10H,3H2,1-2H3. The van der Waals surface area contributed by atoms with Gasteiger partial charge in [0.1, 0.15) is 5.76 Å². The van der Waals surface area contributed by atoms with Crippen molar-refractivity contribution < 1.29 is 13.9 Å². The maximum absolute atomic E-state index is 11.6. The van der Waals surface area contributed by atoms with E-state index in [1.807, 2.05) is 36.4 Å². The molecule has 1 aromatic heterocycles. The fourth-order valence-electron chi connectivity index (χ4n) is 1.61. The fraction of sp³-hybridized carbons (Fsp3) is 0.200. The quantitative estimate of drug-likeness (QED) is 0.788. The Balaban J connectivity index is 2.16. The highest BCUT2D eigenvalue weighted by Crippen LogP contribution is 2.14. The summed E-state index contributed by atoms with van der Waals surface area (Å²) >= 11 is 0. The van der Waals surface area contributed by atoms with E-state index in [-0.39, 0.29) is 5.69 Å². The number of aromatic nitrogens is 1. The fourth-order valence-corrected chi connectivity index (χ4v) is 1.61. The van der Waals surface area contributed by atoms with Crippen molar-refractivity contribution in [3.05, 3.63) is 53.2 Å². The average molecular weight is 257 g/mol. The summed E-state index contributed by atoms with van der Waals surface area (Å²) in [6, 6.07) is 9.79. The van der Waals surface area contributed by atoms with Gasteiger partial charge in [0.2, 0.25) is 5.89 Å². The number of hydrogen-bond acceptors (Lipinski definition) is 4. The predicted octanol–water partition coefficient (Wildman–Crippen LogP) is 3.33. The van der Waals surface area contributed by atoms with Crippen molar-refractivity contribution in [2.45, 2.75) is 13.8 Å². The minimum Gasteiger partial charge on any atom is -0.461 e. The average Bonchev–Trinajstić information content (AvgIpc) is 2.79. The van der Waals surface area contributed by atoms with Gasteiger partial charge >= 0.3 is 5.97 Å². The number of aryl methyl sites for hydroxylation is 1. The van der Waals surface area contributed by atoms with Crippen LogP contribution in [0.25, 0.3) is 12.2 Å². The third-order valence-electron chi connectivity index (χ3n) is 2.50. The van der Waals surface area contributed by atoms with Crippen molar-refractivity contribution in [2.75, 3.05) is 6.61 Å². The predicted molar refractivity (Wildman–Crippen MR) is 72.6 cm³/mol. The first-order valence-corrected chi connectivity index (χ1v) is 6.08. The lowest BCUT2D eigenvalue weighted by Crippen LogP contribution is -2.06. The van der Waals surface area contributed by atoms with Crippen LogP contribution in [0, 0.1) is 6.92 Å². The first-order valence-electron chi connectivity index (χ1n) is 6.08. The van der Waals surface area contributed by atoms with Gasteiger partial charge in [-0.2, -0.15) is 0 Å². The van der Waals surface area contributed by atoms with E-state index < -0.39 is 5.97 Å². The van der Waals surface area contributed by atoms with Crippen LogP contribution in [0.3, 0.4) is 0 Å². The highest BCUT2D eigenvalue weighted by Gasteiger charge is 2.16. The Morgan fingerprint density at radius 2 is 2.05 bits per heavy atom. The summed E-state index contributed by atoms with van der Waals surface area (Å²) < 4.78 is 10.3. The van der Waals surface area contributed by atoms with Crippen LogP contribution in [-0.2, 0) is 4.74 Å². The second kappa shape index (κ2) is 6.00. The highest BCUT2D eigenvalue weighted by molar-refractivity contribution is 5.88. The van der Waals surface area contributed by atoms with Gasteiger partial charge in [-0.1, -0.05) is 30.3 Å². The molecule has 0 aliphatic carbocycles. The molecule has 0 atom stereocenters. The number of carbonyl (C=O) groups is 1. The molecule has 0 amide bonds. The first-order chi connectivity index (χ1) is 9.20. The van der Waals surface area contributed by atoms with Crippen molar-refractivity contribution in [2.24, 2.45) is 0 Å². The summed E-state index contributed by atoms with van der Waals surface area (Å²) in [5.74, 6) is 0.402. The number of rotatable bonds is 4. The molecule has 0 radical (unpaired) electrons. The molecule has 0 aliphatic heterocycles. The van der Waals surface area contributed by atoms with Gasteiger partial charge in [-0.05, 0) is 25.5 Å². The molecule has 0 bridgehead atoms. The van der Waals surface area contributed by atoms with E-state index in [1.54, 1.807) is 19.9 Å². The van der Waals surface area contributed by atoms with Gasteiger partial charge in [-0.3, -0.25) is 0 Å². The largest absolute Gasteiger partial charge is 0.461 e. The Bertz CT molecular complexity index is 585. The van der Waals surface area contributed by atoms with Gasteiger partial charge in [0, 0.05) is 6.08 Å². The smallest absolute Gasteiger partial charge is 0.360 e. The van der Waals surface area contributed by atoms with Crippen LogP contribution in [0.15, 0.2) is 34.7 Å². The topological polar surface area (TPSA) is 52.3 Å². The van der Waals surface area contributed by atoms with Crippen molar-refractivity contribution in [3.8, 4) is 0 Å². The van der Waals surface area contributed by atoms with E-state index in [2.05, 4.69) is 4.98 Å². The number of oxazole rings is 1. The van der Waals surface area contributed by atoms with Crippen molar-refractivity contribution >= 4 is 18.1 Å². The van der Waals surface area contributed by atoms with Gasteiger partial charge in [0.05, 0.1) is 6.61 Å². The molecule has 4 nitrogen and oxygen atoms in total. The summed E-state index contributed by atoms with van der Waals surface area (Å²) in [6.07, 6.45) is 3.60. The Morgan fingerprint density at radius 3 is 2.74 bits per heavy atom. The molecule has 0 fully saturated rings. The summed E-state index contributed by atoms with van der Waals surface area (Å²) in [7, 11) is 0. The molecule has 0 N–H and O–H groups in total. The van der Waals surface area contributed by atoms with Crippen LogP contribution in [0.2, 0.25) is 0 Å². The van der Waals surface area contributed by atoms with Crippen molar-refractivity contribution in [1.82, 2.24) is 4.98 Å². The molecule has 4 heteroatoms. The third kappa shape index (κ3) is 3.31. The zero-order valence-corrected chi connectivity index (χ0v) is 10.9. The monoisotopic (exact) mass is 257 g/mol. The molecule has 0 saturated carbocycles. The summed E-state index contributed by atoms with van der Waals surface area (Å²) in [5, 5.41) is 0. The molecular formula is C15H15NO3. The van der Waals surface area contributed by atoms with E-state index in [1.165, 1.54) is 0 Å². The maximum Gasteiger partial charge on any atom is 0.360 e. The molecule has 0 spiro atoms. The molecule has 1 heterocycles. The van der Waals surface area contributed by atoms with Crippen LogP contribution in [0.4, 0.5) is 0 Å². The number of nitrogens with zero attached hydrogens (tertiary/aromatic N) is 1. The lowest BCUT2D eigenvalue weighted by Gasteiger charge is -1.96. The minimum atomic E-state index is -0.455. The van der Waals surface area contributed by atoms with E-state index >= 15 is 0 Å². The number of hydrogen-bond donors (Lipinski definition) is 0. The maximum atomic E-state index is 11.6. The first kappa shape index (κ1) is 13.1. The van der Waals surface area contributed by atoms with E-state index in [0.717, 1.165) is 5.56 Å². The van der Waals surface area contributed by atoms with Crippen LogP contribution in [0.5, 0.6) is 0 Å². The van der Waals surface area contributed by atoms with Gasteiger partial charge in [-0.15, -0.1) is 0 Å². The number of benzene rings is 1. The molecule has 98 valence electrons. The van der Waals surface area contributed by atoms with Crippen molar-refractivity contribution in [3.63, 3.8) is 0 Å². The molecule has 1 aromatic carbocycles. The van der Waals surface area contributed by atoms with E-state index in [4.69, 9.17) is 9.15 Å².